The molecular formula is C22H21N3O. The molecular weight excluding hydrogens is 322 g/mol. The van der Waals surface area contributed by atoms with Crippen molar-refractivity contribution < 1.29 is 4.74 Å². The number of nitriles is 1. The van der Waals surface area contributed by atoms with E-state index in [9.17, 15) is 5.26 Å². The summed E-state index contributed by atoms with van der Waals surface area (Å²) in [6.07, 6.45) is 6.83. The molecule has 3 aromatic rings. The van der Waals surface area contributed by atoms with Crippen molar-refractivity contribution in [3.63, 3.8) is 0 Å². The molecule has 4 rings (SSSR count). The minimum atomic E-state index is 0.476. The third-order valence-electron chi connectivity index (χ3n) is 5.07. The monoisotopic (exact) mass is 343 g/mol. The van der Waals surface area contributed by atoms with Crippen LogP contribution in [-0.4, -0.2) is 4.57 Å². The summed E-state index contributed by atoms with van der Waals surface area (Å²) >= 11 is 0. The smallest absolute Gasteiger partial charge is 0.148 e. The second-order valence-corrected chi connectivity index (χ2v) is 6.72. The second-order valence-electron chi connectivity index (χ2n) is 6.72. The Labute approximate surface area is 153 Å². The van der Waals surface area contributed by atoms with Crippen molar-refractivity contribution in [2.24, 2.45) is 0 Å². The van der Waals surface area contributed by atoms with E-state index in [-0.39, 0.29) is 0 Å². The molecule has 1 aromatic heterocycles. The van der Waals surface area contributed by atoms with Crippen LogP contribution in [-0.2, 0) is 0 Å². The first-order valence-corrected chi connectivity index (χ1v) is 9.00. The summed E-state index contributed by atoms with van der Waals surface area (Å²) in [4.78, 5) is 0. The van der Waals surface area contributed by atoms with Crippen molar-refractivity contribution in [3.8, 4) is 23.3 Å². The predicted octanol–water partition coefficient (Wildman–Crippen LogP) is 5.38. The zero-order valence-corrected chi connectivity index (χ0v) is 14.6. The first-order valence-electron chi connectivity index (χ1n) is 9.00. The molecule has 1 heterocycles. The van der Waals surface area contributed by atoms with Gasteiger partial charge in [0.25, 0.3) is 0 Å². The highest BCUT2D eigenvalue weighted by atomic mass is 16.5. The van der Waals surface area contributed by atoms with Crippen LogP contribution in [0.1, 0.15) is 42.9 Å². The summed E-state index contributed by atoms with van der Waals surface area (Å²) in [5.41, 5.74) is 9.47. The number of hydrogen-bond donors (Lipinski definition) is 1. The van der Waals surface area contributed by atoms with E-state index in [1.165, 1.54) is 12.8 Å². The normalized spacial score (nSPS) is 14.3. The zero-order valence-electron chi connectivity index (χ0n) is 14.6. The lowest BCUT2D eigenvalue weighted by Gasteiger charge is -2.08. The molecule has 0 bridgehead atoms. The third-order valence-corrected chi connectivity index (χ3v) is 5.07. The van der Waals surface area contributed by atoms with Crippen molar-refractivity contribution >= 4 is 5.69 Å². The summed E-state index contributed by atoms with van der Waals surface area (Å²) < 4.78 is 7.74. The lowest BCUT2D eigenvalue weighted by atomic mass is 9.99. The molecule has 2 aromatic carbocycles. The molecule has 2 N–H and O–H groups in total. The Morgan fingerprint density at radius 1 is 0.962 bits per heavy atom. The third kappa shape index (κ3) is 3.04. The Hall–Kier alpha value is -3.19. The molecule has 1 aliphatic carbocycles. The van der Waals surface area contributed by atoms with E-state index in [0.29, 0.717) is 17.3 Å². The summed E-state index contributed by atoms with van der Waals surface area (Å²) in [6, 6.07) is 19.7. The molecule has 1 aliphatic rings. The predicted molar refractivity (Wildman–Crippen MR) is 103 cm³/mol. The average Bonchev–Trinajstić information content (AvgIpc) is 3.31. The first-order chi connectivity index (χ1) is 12.8. The van der Waals surface area contributed by atoms with Crippen LogP contribution in [0.4, 0.5) is 5.69 Å². The molecule has 0 radical (unpaired) electrons. The molecule has 1 saturated carbocycles. The van der Waals surface area contributed by atoms with Gasteiger partial charge < -0.3 is 15.0 Å². The molecule has 130 valence electrons. The largest absolute Gasteiger partial charge is 0.457 e. The zero-order chi connectivity index (χ0) is 17.9. The van der Waals surface area contributed by atoms with Gasteiger partial charge in [0.1, 0.15) is 23.3 Å². The van der Waals surface area contributed by atoms with Crippen LogP contribution in [0.3, 0.4) is 0 Å². The van der Waals surface area contributed by atoms with Crippen LogP contribution in [0, 0.1) is 11.3 Å². The fraction of sp³-hybridized carbons (Fsp3) is 0.227. The summed E-state index contributed by atoms with van der Waals surface area (Å²) in [5, 5.41) is 9.59. The fourth-order valence-electron chi connectivity index (χ4n) is 3.72. The Morgan fingerprint density at radius 3 is 2.27 bits per heavy atom. The number of ether oxygens (including phenoxy) is 1. The second kappa shape index (κ2) is 6.97. The van der Waals surface area contributed by atoms with Gasteiger partial charge in [-0.15, -0.1) is 0 Å². The van der Waals surface area contributed by atoms with Crippen LogP contribution in [0.15, 0.2) is 60.8 Å². The number of hydrogen-bond acceptors (Lipinski definition) is 3. The quantitative estimate of drug-likeness (QED) is 0.691. The van der Waals surface area contributed by atoms with E-state index < -0.39 is 0 Å². The van der Waals surface area contributed by atoms with E-state index in [1.54, 1.807) is 0 Å². The van der Waals surface area contributed by atoms with E-state index in [4.69, 9.17) is 10.5 Å². The van der Waals surface area contributed by atoms with Gasteiger partial charge in [-0.3, -0.25) is 0 Å². The van der Waals surface area contributed by atoms with Gasteiger partial charge in [0.15, 0.2) is 0 Å². The van der Waals surface area contributed by atoms with E-state index in [1.807, 2.05) is 65.4 Å². The van der Waals surface area contributed by atoms with E-state index in [2.05, 4.69) is 6.07 Å². The number of aromatic nitrogens is 1. The van der Waals surface area contributed by atoms with Gasteiger partial charge >= 0.3 is 0 Å². The maximum Gasteiger partial charge on any atom is 0.148 e. The number of benzene rings is 2. The molecule has 0 unspecified atom stereocenters. The molecule has 0 amide bonds. The number of nitrogens with zero attached hydrogens (tertiary/aromatic N) is 2. The van der Waals surface area contributed by atoms with Gasteiger partial charge in [0.05, 0.1) is 5.69 Å². The Kier molecular flexibility index (Phi) is 4.37. The molecule has 0 atom stereocenters. The summed E-state index contributed by atoms with van der Waals surface area (Å²) in [5.74, 6) is 2.03. The lowest BCUT2D eigenvalue weighted by Crippen LogP contribution is -1.98. The summed E-state index contributed by atoms with van der Waals surface area (Å²) in [6.45, 7) is 0. The van der Waals surface area contributed by atoms with Crippen LogP contribution in [0.25, 0.3) is 5.69 Å². The van der Waals surface area contributed by atoms with Gasteiger partial charge in [0, 0.05) is 11.9 Å². The number of anilines is 1. The minimum absolute atomic E-state index is 0.476. The fourth-order valence-corrected chi connectivity index (χ4v) is 3.72. The van der Waals surface area contributed by atoms with Crippen LogP contribution >= 0.6 is 0 Å². The molecule has 0 spiro atoms. The average molecular weight is 343 g/mol. The van der Waals surface area contributed by atoms with E-state index >= 15 is 0 Å². The van der Waals surface area contributed by atoms with Gasteiger partial charge in [-0.2, -0.15) is 5.26 Å². The molecule has 26 heavy (non-hydrogen) atoms. The van der Waals surface area contributed by atoms with Crippen molar-refractivity contribution in [3.05, 3.63) is 72.1 Å². The van der Waals surface area contributed by atoms with Crippen molar-refractivity contribution in [1.82, 2.24) is 4.57 Å². The Balaban J connectivity index is 1.63. The van der Waals surface area contributed by atoms with Crippen molar-refractivity contribution in [2.45, 2.75) is 31.6 Å². The maximum atomic E-state index is 9.59. The van der Waals surface area contributed by atoms with Gasteiger partial charge in [-0.1, -0.05) is 31.0 Å². The number of rotatable bonds is 4. The number of nitrogens with two attached hydrogens (primary N) is 1. The van der Waals surface area contributed by atoms with Crippen molar-refractivity contribution in [2.75, 3.05) is 5.73 Å². The highest BCUT2D eigenvalue weighted by Gasteiger charge is 2.24. The van der Waals surface area contributed by atoms with Gasteiger partial charge in [0.2, 0.25) is 0 Å². The SMILES string of the molecule is N#Cc1c(N)c(C2CCCC2)cn1-c1ccc(Oc2ccccc2)cc1. The maximum absolute atomic E-state index is 9.59. The number of nitrogen functional groups attached to an aromatic ring is 1. The topological polar surface area (TPSA) is 64.0 Å². The standard InChI is InChI=1S/C22H21N3O/c23-14-21-22(24)20(16-6-4-5-7-16)15-25(21)17-10-12-19(13-11-17)26-18-8-2-1-3-9-18/h1-3,8-13,15-16H,4-7,24H2. The molecule has 1 fully saturated rings. The van der Waals surface area contributed by atoms with Crippen LogP contribution < -0.4 is 10.5 Å². The Morgan fingerprint density at radius 2 is 1.62 bits per heavy atom. The van der Waals surface area contributed by atoms with Gasteiger partial charge in [-0.25, -0.2) is 0 Å². The number of para-hydroxylation sites is 1. The van der Waals surface area contributed by atoms with Crippen molar-refractivity contribution in [1.29, 1.82) is 5.26 Å². The van der Waals surface area contributed by atoms with Gasteiger partial charge in [-0.05, 0) is 60.7 Å². The highest BCUT2D eigenvalue weighted by Crippen LogP contribution is 2.39. The lowest BCUT2D eigenvalue weighted by molar-refractivity contribution is 0.482. The van der Waals surface area contributed by atoms with E-state index in [0.717, 1.165) is 35.6 Å². The highest BCUT2D eigenvalue weighted by molar-refractivity contribution is 5.62. The molecule has 4 heteroatoms. The van der Waals surface area contributed by atoms with Crippen LogP contribution in [0.5, 0.6) is 11.5 Å². The molecule has 0 saturated heterocycles. The molecule has 0 aliphatic heterocycles. The molecule has 4 nitrogen and oxygen atoms in total. The first kappa shape index (κ1) is 16.3. The van der Waals surface area contributed by atoms with Crippen LogP contribution in [0.2, 0.25) is 0 Å². The minimum Gasteiger partial charge on any atom is -0.457 e. The Bertz CT molecular complexity index is 930. The summed E-state index contributed by atoms with van der Waals surface area (Å²) in [7, 11) is 0.